The molecule has 0 bridgehead atoms. The zero-order chi connectivity index (χ0) is 10.3. The fourth-order valence-corrected chi connectivity index (χ4v) is 0.769. The quantitative estimate of drug-likeness (QED) is 0.516. The molecular formula is C9H18N2OS. The molecule has 0 saturated carbocycles. The third-order valence-electron chi connectivity index (χ3n) is 1.50. The Labute approximate surface area is 85.5 Å². The van der Waals surface area contributed by atoms with Gasteiger partial charge in [0, 0.05) is 20.2 Å². The number of rotatable bonds is 5. The van der Waals surface area contributed by atoms with Crippen LogP contribution in [0.2, 0.25) is 0 Å². The van der Waals surface area contributed by atoms with Crippen molar-refractivity contribution >= 4 is 17.3 Å². The number of ether oxygens (including phenoxy) is 1. The van der Waals surface area contributed by atoms with Crippen molar-refractivity contribution < 1.29 is 4.74 Å². The molecule has 0 fully saturated rings. The van der Waals surface area contributed by atoms with Gasteiger partial charge in [0.15, 0.2) is 5.11 Å². The van der Waals surface area contributed by atoms with Crippen molar-refractivity contribution in [2.75, 3.05) is 20.2 Å². The predicted octanol–water partition coefficient (Wildman–Crippen LogP) is 1.06. The maximum atomic E-state index is 5.06. The van der Waals surface area contributed by atoms with Gasteiger partial charge < -0.3 is 15.4 Å². The molecule has 0 heterocycles. The molecule has 76 valence electrons. The van der Waals surface area contributed by atoms with E-state index in [1.54, 1.807) is 7.11 Å². The van der Waals surface area contributed by atoms with E-state index < -0.39 is 0 Å². The third-order valence-corrected chi connectivity index (χ3v) is 1.79. The van der Waals surface area contributed by atoms with E-state index in [1.807, 2.05) is 13.8 Å². The number of methoxy groups -OCH3 is 1. The summed E-state index contributed by atoms with van der Waals surface area (Å²) in [6, 6.07) is 0. The lowest BCUT2D eigenvalue weighted by Crippen LogP contribution is -2.39. The van der Waals surface area contributed by atoms with E-state index in [0.717, 1.165) is 12.1 Å². The molecule has 1 unspecified atom stereocenters. The molecule has 3 nitrogen and oxygen atoms in total. The third kappa shape index (κ3) is 7.74. The summed E-state index contributed by atoms with van der Waals surface area (Å²) in [4.78, 5) is 0. The SMILES string of the molecule is C=C(C)CNC(=S)NCC(C)OC. The molecule has 0 aliphatic rings. The van der Waals surface area contributed by atoms with E-state index in [2.05, 4.69) is 17.2 Å². The number of nitrogens with one attached hydrogen (secondary N) is 2. The molecule has 0 radical (unpaired) electrons. The fraction of sp³-hybridized carbons (Fsp3) is 0.667. The zero-order valence-electron chi connectivity index (χ0n) is 8.52. The van der Waals surface area contributed by atoms with Crippen molar-refractivity contribution in [3.63, 3.8) is 0 Å². The Morgan fingerprint density at radius 3 is 2.62 bits per heavy atom. The maximum Gasteiger partial charge on any atom is 0.166 e. The Morgan fingerprint density at radius 1 is 1.54 bits per heavy atom. The van der Waals surface area contributed by atoms with Gasteiger partial charge in [0.2, 0.25) is 0 Å². The van der Waals surface area contributed by atoms with Crippen LogP contribution in [0, 0.1) is 0 Å². The van der Waals surface area contributed by atoms with Crippen LogP contribution in [0.1, 0.15) is 13.8 Å². The first-order valence-electron chi connectivity index (χ1n) is 4.25. The number of hydrogen-bond donors (Lipinski definition) is 2. The molecule has 0 aromatic rings. The van der Waals surface area contributed by atoms with Crippen LogP contribution < -0.4 is 10.6 Å². The van der Waals surface area contributed by atoms with Crippen molar-refractivity contribution in [2.45, 2.75) is 20.0 Å². The second kappa shape index (κ2) is 6.86. The zero-order valence-corrected chi connectivity index (χ0v) is 9.33. The van der Waals surface area contributed by atoms with Crippen LogP contribution in [0.3, 0.4) is 0 Å². The highest BCUT2D eigenvalue weighted by atomic mass is 32.1. The van der Waals surface area contributed by atoms with Gasteiger partial charge in [0.1, 0.15) is 0 Å². The normalized spacial score (nSPS) is 11.9. The highest BCUT2D eigenvalue weighted by Crippen LogP contribution is 1.85. The molecule has 2 N–H and O–H groups in total. The van der Waals surface area contributed by atoms with E-state index in [4.69, 9.17) is 17.0 Å². The van der Waals surface area contributed by atoms with Gasteiger partial charge in [-0.25, -0.2) is 0 Å². The number of thiocarbonyl (C=S) groups is 1. The summed E-state index contributed by atoms with van der Waals surface area (Å²) in [5.74, 6) is 0. The van der Waals surface area contributed by atoms with Gasteiger partial charge in [-0.2, -0.15) is 0 Å². The van der Waals surface area contributed by atoms with Crippen LogP contribution in [-0.2, 0) is 4.74 Å². The van der Waals surface area contributed by atoms with Gasteiger partial charge >= 0.3 is 0 Å². The Balaban J connectivity index is 3.46. The minimum Gasteiger partial charge on any atom is -0.380 e. The van der Waals surface area contributed by atoms with E-state index >= 15 is 0 Å². The first-order chi connectivity index (χ1) is 6.06. The van der Waals surface area contributed by atoms with Crippen molar-refractivity contribution in [3.05, 3.63) is 12.2 Å². The Bertz CT molecular complexity index is 182. The lowest BCUT2D eigenvalue weighted by Gasteiger charge is -2.13. The average molecular weight is 202 g/mol. The van der Waals surface area contributed by atoms with Gasteiger partial charge in [-0.15, -0.1) is 0 Å². The van der Waals surface area contributed by atoms with Gasteiger partial charge in [0.05, 0.1) is 6.10 Å². The smallest absolute Gasteiger partial charge is 0.166 e. The molecule has 4 heteroatoms. The molecule has 0 aliphatic carbocycles. The standard InChI is InChI=1S/C9H18N2OS/c1-7(2)5-10-9(13)11-6-8(3)12-4/h8H,1,5-6H2,2-4H3,(H2,10,11,13). The molecule has 0 aromatic heterocycles. The minimum absolute atomic E-state index is 0.171. The first-order valence-corrected chi connectivity index (χ1v) is 4.66. The molecule has 0 aromatic carbocycles. The lowest BCUT2D eigenvalue weighted by molar-refractivity contribution is 0.121. The Kier molecular flexibility index (Phi) is 6.54. The van der Waals surface area contributed by atoms with Crippen LogP contribution >= 0.6 is 12.2 Å². The van der Waals surface area contributed by atoms with Crippen molar-refractivity contribution in [2.24, 2.45) is 0 Å². The van der Waals surface area contributed by atoms with Crippen LogP contribution in [0.25, 0.3) is 0 Å². The highest BCUT2D eigenvalue weighted by molar-refractivity contribution is 7.80. The highest BCUT2D eigenvalue weighted by Gasteiger charge is 1.99. The van der Waals surface area contributed by atoms with Crippen molar-refractivity contribution in [3.8, 4) is 0 Å². The molecule has 0 amide bonds. The molecular weight excluding hydrogens is 184 g/mol. The summed E-state index contributed by atoms with van der Waals surface area (Å²) in [7, 11) is 1.68. The van der Waals surface area contributed by atoms with E-state index in [9.17, 15) is 0 Å². The second-order valence-corrected chi connectivity index (χ2v) is 3.48. The van der Waals surface area contributed by atoms with Gasteiger partial charge in [0.25, 0.3) is 0 Å². The van der Waals surface area contributed by atoms with Crippen LogP contribution in [0.15, 0.2) is 12.2 Å². The molecule has 1 atom stereocenters. The van der Waals surface area contributed by atoms with Crippen molar-refractivity contribution in [1.82, 2.24) is 10.6 Å². The molecule has 0 saturated heterocycles. The van der Waals surface area contributed by atoms with Crippen LogP contribution in [-0.4, -0.2) is 31.4 Å². The fourth-order valence-electron chi connectivity index (χ4n) is 0.613. The summed E-state index contributed by atoms with van der Waals surface area (Å²) in [5.41, 5.74) is 1.06. The number of hydrogen-bond acceptors (Lipinski definition) is 2. The Hall–Kier alpha value is -0.610. The maximum absolute atomic E-state index is 5.06. The van der Waals surface area contributed by atoms with E-state index in [-0.39, 0.29) is 6.10 Å². The lowest BCUT2D eigenvalue weighted by atomic mass is 10.3. The van der Waals surface area contributed by atoms with Crippen LogP contribution in [0.4, 0.5) is 0 Å². The molecule has 0 rings (SSSR count). The van der Waals surface area contributed by atoms with E-state index in [1.165, 1.54) is 0 Å². The largest absolute Gasteiger partial charge is 0.380 e. The first kappa shape index (κ1) is 12.4. The second-order valence-electron chi connectivity index (χ2n) is 3.07. The average Bonchev–Trinajstić information content (AvgIpc) is 2.10. The summed E-state index contributed by atoms with van der Waals surface area (Å²) >= 11 is 5.02. The topological polar surface area (TPSA) is 33.3 Å². The summed E-state index contributed by atoms with van der Waals surface area (Å²) in [6.45, 7) is 9.13. The summed E-state index contributed by atoms with van der Waals surface area (Å²) < 4.78 is 5.06. The Morgan fingerprint density at radius 2 is 2.15 bits per heavy atom. The summed E-state index contributed by atoms with van der Waals surface area (Å²) in [5, 5.41) is 6.71. The predicted molar refractivity (Wildman–Crippen MR) is 59.9 cm³/mol. The van der Waals surface area contributed by atoms with Gasteiger partial charge in [-0.05, 0) is 26.1 Å². The molecule has 0 aliphatic heterocycles. The molecule has 13 heavy (non-hydrogen) atoms. The van der Waals surface area contributed by atoms with Crippen LogP contribution in [0.5, 0.6) is 0 Å². The summed E-state index contributed by atoms with van der Waals surface area (Å²) in [6.07, 6.45) is 0.171. The van der Waals surface area contributed by atoms with Gasteiger partial charge in [-0.3, -0.25) is 0 Å². The molecule has 0 spiro atoms. The monoisotopic (exact) mass is 202 g/mol. The van der Waals surface area contributed by atoms with Gasteiger partial charge in [-0.1, -0.05) is 12.2 Å². The van der Waals surface area contributed by atoms with E-state index in [0.29, 0.717) is 11.7 Å². The van der Waals surface area contributed by atoms with Crippen molar-refractivity contribution in [1.29, 1.82) is 0 Å². The minimum atomic E-state index is 0.171.